The van der Waals surface area contributed by atoms with Gasteiger partial charge in [0.1, 0.15) is 10.9 Å². The Bertz CT molecular complexity index is 740. The second-order valence-corrected chi connectivity index (χ2v) is 8.10. The molecule has 1 aromatic carbocycles. The maximum absolute atomic E-state index is 13.0. The Morgan fingerprint density at radius 3 is 2.33 bits per heavy atom. The van der Waals surface area contributed by atoms with Crippen molar-refractivity contribution in [2.75, 3.05) is 16.8 Å². The Morgan fingerprint density at radius 2 is 1.88 bits per heavy atom. The van der Waals surface area contributed by atoms with E-state index in [-0.39, 0.29) is 13.0 Å². The van der Waals surface area contributed by atoms with Gasteiger partial charge in [0.05, 0.1) is 0 Å². The van der Waals surface area contributed by atoms with Crippen LogP contribution in [0.5, 0.6) is 0 Å². The lowest BCUT2D eigenvalue weighted by Gasteiger charge is -2.20. The number of amides is 2. The zero-order chi connectivity index (χ0) is 18.1. The molecule has 1 fully saturated rings. The van der Waals surface area contributed by atoms with E-state index in [0.717, 1.165) is 0 Å². The maximum Gasteiger partial charge on any atom is 0.412 e. The molecule has 1 aliphatic heterocycles. The van der Waals surface area contributed by atoms with Crippen LogP contribution in [0.4, 0.5) is 20.1 Å². The molecule has 1 unspecified atom stereocenters. The fourth-order valence-electron chi connectivity index (χ4n) is 2.26. The first-order chi connectivity index (χ1) is 11.0. The van der Waals surface area contributed by atoms with E-state index in [9.17, 15) is 21.9 Å². The highest BCUT2D eigenvalue weighted by atomic mass is 32.3. The zero-order valence-electron chi connectivity index (χ0n) is 13.6. The maximum atomic E-state index is 13.0. The third kappa shape index (κ3) is 4.67. The summed E-state index contributed by atoms with van der Waals surface area (Å²) in [6.45, 7) is 4.99. The number of anilines is 2. The summed E-state index contributed by atoms with van der Waals surface area (Å²) in [7, 11) is -4.75. The summed E-state index contributed by atoms with van der Waals surface area (Å²) in [5.41, 5.74) is 0.258. The van der Waals surface area contributed by atoms with E-state index in [2.05, 4.69) is 5.32 Å². The largest absolute Gasteiger partial charge is 0.444 e. The van der Waals surface area contributed by atoms with Gasteiger partial charge in [0.2, 0.25) is 5.91 Å². The van der Waals surface area contributed by atoms with Gasteiger partial charge >= 0.3 is 16.3 Å². The van der Waals surface area contributed by atoms with Crippen LogP contribution in [-0.4, -0.2) is 37.8 Å². The highest BCUT2D eigenvalue weighted by Gasteiger charge is 2.39. The van der Waals surface area contributed by atoms with Crippen LogP contribution in [0.15, 0.2) is 24.3 Å². The molecule has 7 nitrogen and oxygen atoms in total. The molecule has 9 heteroatoms. The molecule has 0 bridgehead atoms. The molecule has 1 aromatic rings. The summed E-state index contributed by atoms with van der Waals surface area (Å²) < 4.78 is 40.0. The molecule has 2 amide bonds. The molecule has 0 radical (unpaired) electrons. The number of carbonyl (C=O) groups excluding carboxylic acids is 2. The average Bonchev–Trinajstić information content (AvgIpc) is 2.79. The topological polar surface area (TPSA) is 92.8 Å². The van der Waals surface area contributed by atoms with E-state index >= 15 is 0 Å². The zero-order valence-corrected chi connectivity index (χ0v) is 14.4. The van der Waals surface area contributed by atoms with Crippen LogP contribution < -0.4 is 10.2 Å². The van der Waals surface area contributed by atoms with E-state index in [1.165, 1.54) is 17.0 Å². The van der Waals surface area contributed by atoms with Gasteiger partial charge in [0, 0.05) is 24.3 Å². The monoisotopic (exact) mass is 358 g/mol. The van der Waals surface area contributed by atoms with E-state index in [1.54, 1.807) is 32.9 Å². The summed E-state index contributed by atoms with van der Waals surface area (Å²) in [5, 5.41) is 1.20. The first kappa shape index (κ1) is 18.2. The minimum absolute atomic E-state index is 0.226. The van der Waals surface area contributed by atoms with Crippen molar-refractivity contribution in [1.29, 1.82) is 0 Å². The third-order valence-electron chi connectivity index (χ3n) is 3.31. The molecule has 132 valence electrons. The molecule has 1 N–H and O–H groups in total. The van der Waals surface area contributed by atoms with Gasteiger partial charge in [0.25, 0.3) is 0 Å². The van der Waals surface area contributed by atoms with Crippen LogP contribution >= 0.6 is 0 Å². The second-order valence-electron chi connectivity index (χ2n) is 6.48. The summed E-state index contributed by atoms with van der Waals surface area (Å²) >= 11 is 0. The predicted molar refractivity (Wildman–Crippen MR) is 87.1 cm³/mol. The van der Waals surface area contributed by atoms with E-state index in [0.29, 0.717) is 11.4 Å². The van der Waals surface area contributed by atoms with Crippen molar-refractivity contribution in [3.8, 4) is 0 Å². The van der Waals surface area contributed by atoms with Crippen LogP contribution in [0, 0.1) is 0 Å². The van der Waals surface area contributed by atoms with Gasteiger partial charge < -0.3 is 9.64 Å². The number of benzene rings is 1. The number of halogens is 1. The first-order valence-corrected chi connectivity index (χ1v) is 8.74. The van der Waals surface area contributed by atoms with Gasteiger partial charge in [0.15, 0.2) is 0 Å². The smallest absolute Gasteiger partial charge is 0.412 e. The highest BCUT2D eigenvalue weighted by Crippen LogP contribution is 2.27. The molecule has 1 aliphatic rings. The lowest BCUT2D eigenvalue weighted by Crippen LogP contribution is -2.27. The SMILES string of the molecule is CC(C)(C)OC(=O)Nc1ccc(N2CC(S(=O)(=O)F)CC2=O)cc1. The Kier molecular flexibility index (Phi) is 4.84. The van der Waals surface area contributed by atoms with Crippen LogP contribution in [0.2, 0.25) is 0 Å². The van der Waals surface area contributed by atoms with Gasteiger partial charge in [-0.25, -0.2) is 4.79 Å². The number of rotatable bonds is 3. The predicted octanol–water partition coefficient (Wildman–Crippen LogP) is 2.44. The van der Waals surface area contributed by atoms with Crippen molar-refractivity contribution >= 4 is 33.6 Å². The fourth-order valence-corrected chi connectivity index (χ4v) is 2.93. The molecule has 1 saturated heterocycles. The van der Waals surface area contributed by atoms with Crippen molar-refractivity contribution in [2.24, 2.45) is 0 Å². The number of hydrogen-bond acceptors (Lipinski definition) is 5. The van der Waals surface area contributed by atoms with Crippen molar-refractivity contribution in [2.45, 2.75) is 38.0 Å². The number of nitrogens with one attached hydrogen (secondary N) is 1. The Balaban J connectivity index is 2.05. The van der Waals surface area contributed by atoms with Crippen molar-refractivity contribution < 1.29 is 26.6 Å². The third-order valence-corrected chi connectivity index (χ3v) is 4.42. The van der Waals surface area contributed by atoms with E-state index < -0.39 is 33.1 Å². The lowest BCUT2D eigenvalue weighted by atomic mass is 10.2. The van der Waals surface area contributed by atoms with Gasteiger partial charge in [-0.15, -0.1) is 3.89 Å². The van der Waals surface area contributed by atoms with Crippen molar-refractivity contribution in [3.05, 3.63) is 24.3 Å². The minimum Gasteiger partial charge on any atom is -0.444 e. The van der Waals surface area contributed by atoms with Crippen molar-refractivity contribution in [1.82, 2.24) is 0 Å². The molecular formula is C15H19FN2O5S. The molecule has 2 rings (SSSR count). The molecular weight excluding hydrogens is 339 g/mol. The van der Waals surface area contributed by atoms with Crippen molar-refractivity contribution in [3.63, 3.8) is 0 Å². The molecule has 0 aromatic heterocycles. The number of carbonyl (C=O) groups is 2. The Hall–Kier alpha value is -2.16. The van der Waals surface area contributed by atoms with Gasteiger partial charge in [-0.05, 0) is 45.0 Å². The normalized spacial score (nSPS) is 18.6. The molecule has 1 atom stereocenters. The second kappa shape index (κ2) is 6.39. The number of ether oxygens (including phenoxy) is 1. The van der Waals surface area contributed by atoms with Crippen LogP contribution in [-0.2, 0) is 19.8 Å². The summed E-state index contributed by atoms with van der Waals surface area (Å²) in [5.74, 6) is -0.464. The number of nitrogens with zero attached hydrogens (tertiary/aromatic N) is 1. The lowest BCUT2D eigenvalue weighted by molar-refractivity contribution is -0.117. The van der Waals surface area contributed by atoms with Crippen LogP contribution in [0.25, 0.3) is 0 Å². The van der Waals surface area contributed by atoms with E-state index in [1.807, 2.05) is 0 Å². The Labute approximate surface area is 140 Å². The van der Waals surface area contributed by atoms with Gasteiger partial charge in [-0.3, -0.25) is 10.1 Å². The van der Waals surface area contributed by atoms with E-state index in [4.69, 9.17) is 4.74 Å². The van der Waals surface area contributed by atoms with Gasteiger partial charge in [-0.2, -0.15) is 8.42 Å². The average molecular weight is 358 g/mol. The molecule has 0 saturated carbocycles. The number of hydrogen-bond donors (Lipinski definition) is 1. The highest BCUT2D eigenvalue weighted by molar-refractivity contribution is 7.87. The summed E-state index contributed by atoms with van der Waals surface area (Å²) in [6.07, 6.45) is -0.993. The quantitative estimate of drug-likeness (QED) is 0.838. The summed E-state index contributed by atoms with van der Waals surface area (Å²) in [6, 6.07) is 6.17. The first-order valence-electron chi connectivity index (χ1n) is 7.29. The molecule has 0 spiro atoms. The molecule has 1 heterocycles. The summed E-state index contributed by atoms with van der Waals surface area (Å²) in [4.78, 5) is 24.7. The fraction of sp³-hybridized carbons (Fsp3) is 0.467. The van der Waals surface area contributed by atoms with Gasteiger partial charge in [-0.1, -0.05) is 0 Å². The standard InChI is InChI=1S/C15H19FN2O5S/c1-15(2,3)23-14(20)17-10-4-6-11(7-5-10)18-9-12(8-13(18)19)24(16,21)22/h4-7,12H,8-9H2,1-3H3,(H,17,20). The molecule has 24 heavy (non-hydrogen) atoms. The van der Waals surface area contributed by atoms with Crippen LogP contribution in [0.3, 0.4) is 0 Å². The molecule has 0 aliphatic carbocycles. The van der Waals surface area contributed by atoms with Crippen LogP contribution in [0.1, 0.15) is 27.2 Å². The minimum atomic E-state index is -4.75. The Morgan fingerprint density at radius 1 is 1.29 bits per heavy atom.